The van der Waals surface area contributed by atoms with Gasteiger partial charge in [0, 0.05) is 16.1 Å². The summed E-state index contributed by atoms with van der Waals surface area (Å²) < 4.78 is 12.0. The maximum Gasteiger partial charge on any atom is 0.318 e. The van der Waals surface area contributed by atoms with Crippen molar-refractivity contribution in [3.05, 3.63) is 101 Å². The molecule has 3 aromatic rings. The Bertz CT molecular complexity index is 1490. The molecule has 1 aliphatic rings. The van der Waals surface area contributed by atoms with Crippen LogP contribution in [-0.4, -0.2) is 39.0 Å². The number of halogens is 1. The Kier molecular flexibility index (Phi) is 8.08. The minimum absolute atomic E-state index is 0.0484. The molecule has 11 nitrogen and oxygen atoms in total. The summed E-state index contributed by atoms with van der Waals surface area (Å²) in [7, 11) is 0. The average Bonchev–Trinajstić information content (AvgIpc) is 3.13. The van der Waals surface area contributed by atoms with E-state index in [0.717, 1.165) is 40.4 Å². The third kappa shape index (κ3) is 6.18. The van der Waals surface area contributed by atoms with E-state index in [4.69, 9.17) is 9.47 Å². The smallest absolute Gasteiger partial charge is 0.318 e. The molecule has 1 saturated heterocycles. The summed E-state index contributed by atoms with van der Waals surface area (Å²) in [5, 5.41) is 22.1. The van der Waals surface area contributed by atoms with E-state index in [-0.39, 0.29) is 29.6 Å². The van der Waals surface area contributed by atoms with E-state index in [2.05, 4.69) is 15.9 Å². The van der Waals surface area contributed by atoms with Crippen molar-refractivity contribution in [3.8, 4) is 17.2 Å². The normalized spacial score (nSPS) is 14.2. The van der Waals surface area contributed by atoms with Crippen molar-refractivity contribution in [3.63, 3.8) is 0 Å². The Labute approximate surface area is 228 Å². The van der Waals surface area contributed by atoms with Crippen molar-refractivity contribution < 1.29 is 28.9 Å². The average molecular weight is 600 g/mol. The van der Waals surface area contributed by atoms with Crippen LogP contribution < -0.4 is 9.47 Å². The zero-order valence-electron chi connectivity index (χ0n) is 19.7. The van der Waals surface area contributed by atoms with Gasteiger partial charge in [0.2, 0.25) is 5.75 Å². The number of imide groups is 1. The maximum atomic E-state index is 13.0. The molecule has 1 heterocycles. The molecular weight excluding hydrogens is 582 g/mol. The molecule has 0 radical (unpaired) electrons. The number of ether oxygens (including phenoxy) is 2. The van der Waals surface area contributed by atoms with Crippen molar-refractivity contribution >= 4 is 56.3 Å². The van der Waals surface area contributed by atoms with E-state index in [9.17, 15) is 29.8 Å². The van der Waals surface area contributed by atoms with Crippen LogP contribution in [-0.2, 0) is 4.79 Å². The number of hydrogen-bond acceptors (Lipinski definition) is 9. The van der Waals surface area contributed by atoms with Gasteiger partial charge in [0.05, 0.1) is 27.4 Å². The Balaban J connectivity index is 1.55. The lowest BCUT2D eigenvalue weighted by atomic mass is 10.1. The van der Waals surface area contributed by atoms with Gasteiger partial charge in [-0.3, -0.25) is 34.7 Å². The number of benzene rings is 3. The molecule has 0 spiro atoms. The largest absolute Gasteiger partial charge is 0.492 e. The van der Waals surface area contributed by atoms with Gasteiger partial charge in [0.15, 0.2) is 0 Å². The Morgan fingerprint density at radius 2 is 1.76 bits per heavy atom. The van der Waals surface area contributed by atoms with Gasteiger partial charge < -0.3 is 9.47 Å². The lowest BCUT2D eigenvalue weighted by Gasteiger charge is -2.13. The summed E-state index contributed by atoms with van der Waals surface area (Å²) in [5.41, 5.74) is 0.318. The number of nitro groups is 2. The highest BCUT2D eigenvalue weighted by Gasteiger charge is 2.35. The van der Waals surface area contributed by atoms with Gasteiger partial charge in [0.1, 0.15) is 18.1 Å². The predicted molar refractivity (Wildman–Crippen MR) is 143 cm³/mol. The van der Waals surface area contributed by atoms with Gasteiger partial charge in [-0.25, -0.2) is 0 Å². The number of nitrogens with zero attached hydrogens (tertiary/aromatic N) is 3. The first kappa shape index (κ1) is 26.8. The molecule has 0 unspecified atom stereocenters. The third-order valence-electron chi connectivity index (χ3n) is 5.28. The van der Waals surface area contributed by atoms with Gasteiger partial charge in [-0.1, -0.05) is 28.1 Å². The number of nitro benzene ring substituents is 2. The molecule has 2 amide bonds. The van der Waals surface area contributed by atoms with Gasteiger partial charge >= 0.3 is 5.69 Å². The van der Waals surface area contributed by atoms with Crippen LogP contribution in [0.15, 0.2) is 70.0 Å². The third-order valence-corrected chi connectivity index (χ3v) is 6.68. The fraction of sp³-hybridized carbons (Fsp3) is 0.120. The molecule has 0 bridgehead atoms. The Morgan fingerprint density at radius 3 is 2.47 bits per heavy atom. The van der Waals surface area contributed by atoms with Crippen molar-refractivity contribution in [1.82, 2.24) is 4.90 Å². The summed E-state index contributed by atoms with van der Waals surface area (Å²) >= 11 is 4.09. The molecule has 4 rings (SSSR count). The molecule has 0 N–H and O–H groups in total. The van der Waals surface area contributed by atoms with Crippen molar-refractivity contribution in [2.75, 3.05) is 13.2 Å². The van der Waals surface area contributed by atoms with Gasteiger partial charge in [0.25, 0.3) is 16.8 Å². The monoisotopic (exact) mass is 599 g/mol. The minimum atomic E-state index is -0.787. The number of non-ortho nitro benzene ring substituents is 1. The van der Waals surface area contributed by atoms with Crippen molar-refractivity contribution in [2.45, 2.75) is 6.92 Å². The minimum Gasteiger partial charge on any atom is -0.492 e. The summed E-state index contributed by atoms with van der Waals surface area (Å²) in [6.45, 7) is 2.09. The molecule has 0 atom stereocenters. The van der Waals surface area contributed by atoms with Crippen LogP contribution in [0.1, 0.15) is 11.1 Å². The molecule has 1 fully saturated rings. The molecule has 0 saturated carbocycles. The van der Waals surface area contributed by atoms with E-state index in [1.807, 2.05) is 25.1 Å². The maximum absolute atomic E-state index is 13.0. The number of aryl methyl sites for hydroxylation is 1. The molecular formula is C25H18BrN3O8S. The predicted octanol–water partition coefficient (Wildman–Crippen LogP) is 6.48. The number of hydrogen-bond donors (Lipinski definition) is 0. The molecule has 38 heavy (non-hydrogen) atoms. The van der Waals surface area contributed by atoms with Crippen LogP contribution >= 0.6 is 27.7 Å². The molecule has 3 aromatic carbocycles. The van der Waals surface area contributed by atoms with E-state index in [1.165, 1.54) is 12.1 Å². The van der Waals surface area contributed by atoms with Crippen LogP contribution in [0.2, 0.25) is 0 Å². The molecule has 0 aliphatic carbocycles. The molecule has 13 heteroatoms. The highest BCUT2D eigenvalue weighted by atomic mass is 79.9. The fourth-order valence-electron chi connectivity index (χ4n) is 3.49. The quantitative estimate of drug-likeness (QED) is 0.153. The van der Waals surface area contributed by atoms with Gasteiger partial charge in [-0.2, -0.15) is 0 Å². The van der Waals surface area contributed by atoms with Gasteiger partial charge in [-0.05, 0) is 66.7 Å². The van der Waals surface area contributed by atoms with Crippen LogP contribution in [0.5, 0.6) is 17.2 Å². The fourth-order valence-corrected chi connectivity index (χ4v) is 4.72. The summed E-state index contributed by atoms with van der Waals surface area (Å²) in [6.07, 6.45) is 1.45. The summed E-state index contributed by atoms with van der Waals surface area (Å²) in [6, 6.07) is 15.2. The summed E-state index contributed by atoms with van der Waals surface area (Å²) in [4.78, 5) is 47.7. The lowest BCUT2D eigenvalue weighted by Crippen LogP contribution is -2.32. The SMILES string of the molecule is Cc1cccc(OCCN2C(=O)S/C(=C\c3cc(Br)ccc3Oc3ccc([N+](=O)[O-])cc3[N+](=O)[O-])C2=O)c1. The zero-order chi connectivity index (χ0) is 27.4. The topological polar surface area (TPSA) is 142 Å². The van der Waals surface area contributed by atoms with Crippen LogP contribution in [0.25, 0.3) is 6.08 Å². The second-order valence-corrected chi connectivity index (χ2v) is 9.86. The second kappa shape index (κ2) is 11.4. The molecule has 1 aliphatic heterocycles. The first-order chi connectivity index (χ1) is 18.1. The van der Waals surface area contributed by atoms with E-state index >= 15 is 0 Å². The van der Waals surface area contributed by atoms with E-state index in [0.29, 0.717) is 15.8 Å². The van der Waals surface area contributed by atoms with Crippen LogP contribution in [0.4, 0.5) is 16.2 Å². The van der Waals surface area contributed by atoms with E-state index in [1.54, 1.807) is 18.2 Å². The molecule has 194 valence electrons. The Hall–Kier alpha value is -4.23. The number of thioether (sulfide) groups is 1. The van der Waals surface area contributed by atoms with Crippen molar-refractivity contribution in [2.24, 2.45) is 0 Å². The highest BCUT2D eigenvalue weighted by Crippen LogP contribution is 2.39. The van der Waals surface area contributed by atoms with Crippen LogP contribution in [0, 0.1) is 27.2 Å². The first-order valence-corrected chi connectivity index (χ1v) is 12.6. The van der Waals surface area contributed by atoms with Crippen LogP contribution in [0.3, 0.4) is 0 Å². The van der Waals surface area contributed by atoms with Gasteiger partial charge in [-0.15, -0.1) is 0 Å². The highest BCUT2D eigenvalue weighted by molar-refractivity contribution is 9.10. The van der Waals surface area contributed by atoms with Crippen molar-refractivity contribution in [1.29, 1.82) is 0 Å². The summed E-state index contributed by atoms with van der Waals surface area (Å²) in [5.74, 6) is 0.0302. The lowest BCUT2D eigenvalue weighted by molar-refractivity contribution is -0.394. The number of carbonyl (C=O) groups is 2. The zero-order valence-corrected chi connectivity index (χ0v) is 22.1. The van der Waals surface area contributed by atoms with E-state index < -0.39 is 32.4 Å². The molecule has 0 aromatic heterocycles. The number of carbonyl (C=O) groups excluding carboxylic acids is 2. The standard InChI is InChI=1S/C25H18BrN3O8S/c1-15-3-2-4-19(11-15)36-10-9-27-24(30)23(38-25(27)31)13-16-12-17(26)5-7-21(16)37-22-8-6-18(28(32)33)14-20(22)29(34)35/h2-8,11-14H,9-10H2,1H3/b23-13-. The Morgan fingerprint density at radius 1 is 1.00 bits per heavy atom. The second-order valence-electron chi connectivity index (χ2n) is 7.95. The number of amides is 2. The first-order valence-electron chi connectivity index (χ1n) is 11.0. The number of rotatable bonds is 9.